The monoisotopic (exact) mass is 370 g/mol. The largest absolute Gasteiger partial charge is 0.474 e. The molecule has 27 heavy (non-hydrogen) atoms. The van der Waals surface area contributed by atoms with Gasteiger partial charge in [0.05, 0.1) is 0 Å². The SMILES string of the molecule is O=C(NCC(=O)N1CCC(Oc2ccncn2)CC1)OCc1ccccc1. The molecule has 0 aliphatic carbocycles. The van der Waals surface area contributed by atoms with Gasteiger partial charge in [-0.3, -0.25) is 4.79 Å². The van der Waals surface area contributed by atoms with Crippen molar-refractivity contribution in [2.45, 2.75) is 25.6 Å². The van der Waals surface area contributed by atoms with Crippen LogP contribution in [0.1, 0.15) is 18.4 Å². The Morgan fingerprint density at radius 3 is 2.63 bits per heavy atom. The summed E-state index contributed by atoms with van der Waals surface area (Å²) in [7, 11) is 0. The highest BCUT2D eigenvalue weighted by atomic mass is 16.5. The van der Waals surface area contributed by atoms with Gasteiger partial charge in [0.2, 0.25) is 11.8 Å². The van der Waals surface area contributed by atoms with E-state index in [-0.39, 0.29) is 25.2 Å². The molecule has 2 aromatic rings. The fourth-order valence-electron chi connectivity index (χ4n) is 2.78. The molecule has 0 atom stereocenters. The van der Waals surface area contributed by atoms with E-state index in [0.717, 1.165) is 5.56 Å². The van der Waals surface area contributed by atoms with Crippen LogP contribution in [0, 0.1) is 0 Å². The van der Waals surface area contributed by atoms with Gasteiger partial charge in [0.1, 0.15) is 25.6 Å². The number of carbonyl (C=O) groups excluding carboxylic acids is 2. The number of ether oxygens (including phenoxy) is 2. The van der Waals surface area contributed by atoms with E-state index in [9.17, 15) is 9.59 Å². The van der Waals surface area contributed by atoms with Crippen molar-refractivity contribution in [3.05, 3.63) is 54.5 Å². The number of nitrogens with zero attached hydrogens (tertiary/aromatic N) is 3. The molecule has 8 nitrogen and oxygen atoms in total. The van der Waals surface area contributed by atoms with E-state index in [1.807, 2.05) is 30.3 Å². The molecule has 8 heteroatoms. The molecule has 1 aromatic heterocycles. The van der Waals surface area contributed by atoms with Gasteiger partial charge in [-0.1, -0.05) is 30.3 Å². The summed E-state index contributed by atoms with van der Waals surface area (Å²) in [6.07, 6.45) is 3.92. The van der Waals surface area contributed by atoms with E-state index in [1.54, 1.807) is 17.2 Å². The highest BCUT2D eigenvalue weighted by Gasteiger charge is 2.24. The Labute approximate surface area is 157 Å². The van der Waals surface area contributed by atoms with Crippen LogP contribution in [0.4, 0.5) is 4.79 Å². The van der Waals surface area contributed by atoms with Crippen molar-refractivity contribution in [1.29, 1.82) is 0 Å². The maximum atomic E-state index is 12.2. The third kappa shape index (κ3) is 5.95. The first kappa shape index (κ1) is 18.6. The predicted octanol–water partition coefficient (Wildman–Crippen LogP) is 1.77. The van der Waals surface area contributed by atoms with Crippen molar-refractivity contribution in [3.8, 4) is 5.88 Å². The van der Waals surface area contributed by atoms with Gasteiger partial charge < -0.3 is 19.7 Å². The average molecular weight is 370 g/mol. The summed E-state index contributed by atoms with van der Waals surface area (Å²) in [5.74, 6) is 0.407. The Morgan fingerprint density at radius 2 is 1.93 bits per heavy atom. The second kappa shape index (κ2) is 9.51. The third-order valence-electron chi connectivity index (χ3n) is 4.23. The van der Waals surface area contributed by atoms with Crippen LogP contribution in [0.3, 0.4) is 0 Å². The second-order valence-electron chi connectivity index (χ2n) is 6.16. The van der Waals surface area contributed by atoms with E-state index < -0.39 is 6.09 Å². The first-order chi connectivity index (χ1) is 13.2. The molecule has 2 heterocycles. The summed E-state index contributed by atoms with van der Waals surface area (Å²) in [6, 6.07) is 11.1. The topological polar surface area (TPSA) is 93.7 Å². The Bertz CT molecular complexity index is 734. The maximum Gasteiger partial charge on any atom is 0.407 e. The van der Waals surface area contributed by atoms with Crippen molar-refractivity contribution >= 4 is 12.0 Å². The van der Waals surface area contributed by atoms with Gasteiger partial charge in [-0.05, 0) is 5.56 Å². The van der Waals surface area contributed by atoms with Gasteiger partial charge >= 0.3 is 6.09 Å². The van der Waals surface area contributed by atoms with Crippen LogP contribution in [0.5, 0.6) is 5.88 Å². The number of likely N-dealkylation sites (tertiary alicyclic amines) is 1. The van der Waals surface area contributed by atoms with Crippen LogP contribution < -0.4 is 10.1 Å². The number of aromatic nitrogens is 2. The number of benzene rings is 1. The minimum Gasteiger partial charge on any atom is -0.474 e. The summed E-state index contributed by atoms with van der Waals surface area (Å²) in [6.45, 7) is 1.25. The van der Waals surface area contributed by atoms with Crippen molar-refractivity contribution in [2.24, 2.45) is 0 Å². The summed E-state index contributed by atoms with van der Waals surface area (Å²) in [5.41, 5.74) is 0.893. The summed E-state index contributed by atoms with van der Waals surface area (Å²) >= 11 is 0. The molecular weight excluding hydrogens is 348 g/mol. The Morgan fingerprint density at radius 1 is 1.15 bits per heavy atom. The number of carbonyl (C=O) groups is 2. The van der Waals surface area contributed by atoms with Crippen molar-refractivity contribution in [3.63, 3.8) is 0 Å². The zero-order chi connectivity index (χ0) is 18.9. The van der Waals surface area contributed by atoms with Gasteiger partial charge in [-0.25, -0.2) is 14.8 Å². The van der Waals surface area contributed by atoms with E-state index in [2.05, 4.69) is 15.3 Å². The van der Waals surface area contributed by atoms with Crippen molar-refractivity contribution < 1.29 is 19.1 Å². The lowest BCUT2D eigenvalue weighted by molar-refractivity contribution is -0.131. The standard InChI is InChI=1S/C19H22N4O4/c24-18(12-21-19(25)26-13-15-4-2-1-3-5-15)23-10-7-16(8-11-23)27-17-6-9-20-14-22-17/h1-6,9,14,16H,7-8,10-13H2,(H,21,25). The Hall–Kier alpha value is -3.16. The molecule has 3 rings (SSSR count). The lowest BCUT2D eigenvalue weighted by Crippen LogP contribution is -2.46. The molecule has 1 aromatic carbocycles. The van der Waals surface area contributed by atoms with E-state index >= 15 is 0 Å². The van der Waals surface area contributed by atoms with Crippen LogP contribution in [0.25, 0.3) is 0 Å². The lowest BCUT2D eigenvalue weighted by atomic mass is 10.1. The van der Waals surface area contributed by atoms with Crippen LogP contribution in [0.15, 0.2) is 48.9 Å². The zero-order valence-electron chi connectivity index (χ0n) is 14.9. The molecule has 0 unspecified atom stereocenters. The molecule has 1 N–H and O–H groups in total. The van der Waals surface area contributed by atoms with Crippen LogP contribution in [-0.2, 0) is 16.1 Å². The number of amides is 2. The quantitative estimate of drug-likeness (QED) is 0.833. The zero-order valence-corrected chi connectivity index (χ0v) is 14.9. The van der Waals surface area contributed by atoms with Crippen molar-refractivity contribution in [2.75, 3.05) is 19.6 Å². The van der Waals surface area contributed by atoms with Gasteiger partial charge in [0.15, 0.2) is 0 Å². The van der Waals surface area contributed by atoms with Crippen LogP contribution >= 0.6 is 0 Å². The molecule has 1 aliphatic rings. The minimum atomic E-state index is -0.603. The normalized spacial score (nSPS) is 14.4. The minimum absolute atomic E-state index is 0.0211. The molecule has 0 bridgehead atoms. The average Bonchev–Trinajstić information content (AvgIpc) is 2.72. The van der Waals surface area contributed by atoms with Crippen LogP contribution in [0.2, 0.25) is 0 Å². The number of hydrogen-bond acceptors (Lipinski definition) is 6. The fourth-order valence-corrected chi connectivity index (χ4v) is 2.78. The summed E-state index contributed by atoms with van der Waals surface area (Å²) in [5, 5.41) is 2.50. The Kier molecular flexibility index (Phi) is 6.56. The summed E-state index contributed by atoms with van der Waals surface area (Å²) in [4.78, 5) is 33.6. The predicted molar refractivity (Wildman–Crippen MR) is 96.9 cm³/mol. The van der Waals surface area contributed by atoms with Gasteiger partial charge in [-0.2, -0.15) is 0 Å². The summed E-state index contributed by atoms with van der Waals surface area (Å²) < 4.78 is 10.9. The molecule has 1 fully saturated rings. The molecule has 1 aliphatic heterocycles. The fraction of sp³-hybridized carbons (Fsp3) is 0.368. The van der Waals surface area contributed by atoms with E-state index in [0.29, 0.717) is 31.8 Å². The number of nitrogens with one attached hydrogen (secondary N) is 1. The molecule has 1 saturated heterocycles. The molecular formula is C19H22N4O4. The lowest BCUT2D eigenvalue weighted by Gasteiger charge is -2.31. The number of hydrogen-bond donors (Lipinski definition) is 1. The van der Waals surface area contributed by atoms with Gasteiger partial charge in [-0.15, -0.1) is 0 Å². The first-order valence-corrected chi connectivity index (χ1v) is 8.85. The van der Waals surface area contributed by atoms with Gasteiger partial charge in [0, 0.05) is 38.2 Å². The molecule has 0 saturated carbocycles. The third-order valence-corrected chi connectivity index (χ3v) is 4.23. The second-order valence-corrected chi connectivity index (χ2v) is 6.16. The Balaban J connectivity index is 1.34. The van der Waals surface area contributed by atoms with E-state index in [1.165, 1.54) is 6.33 Å². The smallest absolute Gasteiger partial charge is 0.407 e. The number of alkyl carbamates (subject to hydrolysis) is 1. The number of piperidine rings is 1. The van der Waals surface area contributed by atoms with Gasteiger partial charge in [0.25, 0.3) is 0 Å². The molecule has 0 spiro atoms. The highest BCUT2D eigenvalue weighted by Crippen LogP contribution is 2.16. The van der Waals surface area contributed by atoms with Crippen LogP contribution in [-0.4, -0.2) is 52.6 Å². The molecule has 2 amide bonds. The number of rotatable bonds is 6. The van der Waals surface area contributed by atoms with E-state index in [4.69, 9.17) is 9.47 Å². The van der Waals surface area contributed by atoms with Crippen molar-refractivity contribution in [1.82, 2.24) is 20.2 Å². The molecule has 142 valence electrons. The molecule has 0 radical (unpaired) electrons. The highest BCUT2D eigenvalue weighted by molar-refractivity contribution is 5.82. The maximum absolute atomic E-state index is 12.2. The first-order valence-electron chi connectivity index (χ1n) is 8.85.